The second-order valence-corrected chi connectivity index (χ2v) is 9.40. The number of nitrogens with one attached hydrogen (secondary N) is 1. The molecular weight excluding hydrogens is 544 g/mol. The van der Waals surface area contributed by atoms with Gasteiger partial charge in [-0.25, -0.2) is 4.39 Å². The van der Waals surface area contributed by atoms with Crippen LogP contribution in [0.15, 0.2) is 66.7 Å². The molecule has 1 fully saturated rings. The highest BCUT2D eigenvalue weighted by Gasteiger charge is 2.35. The molecule has 0 bridgehead atoms. The lowest BCUT2D eigenvalue weighted by Gasteiger charge is -2.36. The Labute approximate surface area is 236 Å². The van der Waals surface area contributed by atoms with Crippen LogP contribution in [0.25, 0.3) is 0 Å². The molecule has 220 valence electrons. The van der Waals surface area contributed by atoms with Crippen molar-refractivity contribution in [1.29, 1.82) is 0 Å². The number of halogens is 4. The Morgan fingerprint density at radius 1 is 0.927 bits per heavy atom. The van der Waals surface area contributed by atoms with Crippen molar-refractivity contribution in [3.8, 4) is 11.5 Å². The van der Waals surface area contributed by atoms with Gasteiger partial charge in [0.1, 0.15) is 17.3 Å². The molecule has 0 aliphatic carbocycles. The van der Waals surface area contributed by atoms with Crippen molar-refractivity contribution in [2.45, 2.75) is 31.9 Å². The predicted molar refractivity (Wildman–Crippen MR) is 144 cm³/mol. The highest BCUT2D eigenvalue weighted by Crippen LogP contribution is 2.32. The number of anilines is 1. The first-order valence-corrected chi connectivity index (χ1v) is 13.2. The minimum atomic E-state index is -4.79. The largest absolute Gasteiger partial charge is 0.496 e. The van der Waals surface area contributed by atoms with Crippen LogP contribution in [0.4, 0.5) is 23.2 Å². The Bertz CT molecular complexity index is 1290. The zero-order chi connectivity index (χ0) is 29.2. The van der Waals surface area contributed by atoms with E-state index in [4.69, 9.17) is 18.9 Å². The van der Waals surface area contributed by atoms with Gasteiger partial charge in [0.15, 0.2) is 0 Å². The quantitative estimate of drug-likeness (QED) is 0.218. The molecule has 1 aliphatic heterocycles. The van der Waals surface area contributed by atoms with Crippen LogP contribution in [0.3, 0.4) is 0 Å². The smallest absolute Gasteiger partial charge is 0.419 e. The number of carbonyl (C=O) groups is 1. The molecule has 1 saturated heterocycles. The number of alkyl halides is 3. The van der Waals surface area contributed by atoms with E-state index < -0.39 is 23.6 Å². The van der Waals surface area contributed by atoms with Gasteiger partial charge in [-0.15, -0.1) is 0 Å². The van der Waals surface area contributed by atoms with E-state index >= 15 is 0 Å². The third-order valence-corrected chi connectivity index (χ3v) is 6.51. The Morgan fingerprint density at radius 2 is 1.66 bits per heavy atom. The van der Waals surface area contributed by atoms with Gasteiger partial charge in [0.25, 0.3) is 0 Å². The molecule has 0 unspecified atom stereocenters. The molecule has 1 aliphatic rings. The van der Waals surface area contributed by atoms with Crippen molar-refractivity contribution in [3.63, 3.8) is 0 Å². The number of carbonyl (C=O) groups excluding carboxylic acids is 1. The second-order valence-electron chi connectivity index (χ2n) is 9.40. The van der Waals surface area contributed by atoms with Crippen molar-refractivity contribution in [1.82, 2.24) is 5.32 Å². The number of nitrogens with zero attached hydrogens (tertiary/aromatic N) is 1. The van der Waals surface area contributed by atoms with Crippen molar-refractivity contribution < 1.29 is 41.3 Å². The molecule has 1 heterocycles. The number of methoxy groups -OCH3 is 1. The Kier molecular flexibility index (Phi) is 10.6. The fourth-order valence-electron chi connectivity index (χ4n) is 4.49. The number of hydrogen-bond acceptors (Lipinski definition) is 6. The summed E-state index contributed by atoms with van der Waals surface area (Å²) in [6.45, 7) is 1.58. The maximum absolute atomic E-state index is 14.3. The van der Waals surface area contributed by atoms with Gasteiger partial charge >= 0.3 is 6.18 Å². The maximum atomic E-state index is 14.3. The molecule has 7 nitrogen and oxygen atoms in total. The molecule has 1 amide bonds. The van der Waals surface area contributed by atoms with E-state index in [-0.39, 0.29) is 31.2 Å². The normalized spacial score (nSPS) is 15.7. The van der Waals surface area contributed by atoms with Crippen LogP contribution in [0.1, 0.15) is 23.1 Å². The van der Waals surface area contributed by atoms with Crippen molar-refractivity contribution in [3.05, 3.63) is 89.2 Å². The number of para-hydroxylation sites is 1. The first-order chi connectivity index (χ1) is 19.8. The number of rotatable bonds is 13. The molecule has 11 heteroatoms. The summed E-state index contributed by atoms with van der Waals surface area (Å²) in [6.07, 6.45) is -4.11. The lowest BCUT2D eigenvalue weighted by Crippen LogP contribution is -2.57. The summed E-state index contributed by atoms with van der Waals surface area (Å²) in [5, 5.41) is 3.01. The number of hydrogen-bond donors (Lipinski definition) is 1. The third-order valence-electron chi connectivity index (χ3n) is 6.51. The molecule has 4 rings (SSSR count). The first-order valence-electron chi connectivity index (χ1n) is 13.2. The second kappa shape index (κ2) is 14.3. The topological polar surface area (TPSA) is 69.3 Å². The van der Waals surface area contributed by atoms with Gasteiger partial charge in [-0.05, 0) is 36.4 Å². The Balaban J connectivity index is 1.25. The lowest BCUT2D eigenvalue weighted by atomic mass is 10.1. The van der Waals surface area contributed by atoms with Crippen molar-refractivity contribution >= 4 is 11.6 Å². The summed E-state index contributed by atoms with van der Waals surface area (Å²) < 4.78 is 75.7. The van der Waals surface area contributed by atoms with Crippen LogP contribution in [-0.2, 0) is 33.7 Å². The Hall–Kier alpha value is -3.67. The third kappa shape index (κ3) is 8.18. The van der Waals surface area contributed by atoms with E-state index in [0.717, 1.165) is 17.4 Å². The summed E-state index contributed by atoms with van der Waals surface area (Å²) in [6, 6.07) is 17.4. The van der Waals surface area contributed by atoms with E-state index in [0.29, 0.717) is 50.3 Å². The fraction of sp³-hybridized carbons (Fsp3) is 0.367. The predicted octanol–water partition coefficient (Wildman–Crippen LogP) is 5.36. The van der Waals surface area contributed by atoms with E-state index in [2.05, 4.69) is 5.32 Å². The van der Waals surface area contributed by atoms with Gasteiger partial charge in [0, 0.05) is 29.8 Å². The van der Waals surface area contributed by atoms with Crippen LogP contribution in [0, 0.1) is 5.82 Å². The van der Waals surface area contributed by atoms with Crippen LogP contribution in [0.2, 0.25) is 0 Å². The molecule has 0 spiro atoms. The SMILES string of the molecule is COc1ccccc1COCCCOc1ccc(N2C(=O)CNC[C@@H]2COCc2cccc(C(F)(F)F)c2F)cc1. The molecule has 1 atom stereocenters. The van der Waals surface area contributed by atoms with Gasteiger partial charge in [-0.1, -0.05) is 30.3 Å². The molecule has 3 aromatic carbocycles. The average molecular weight is 577 g/mol. The highest BCUT2D eigenvalue weighted by molar-refractivity contribution is 5.96. The molecule has 0 radical (unpaired) electrons. The van der Waals surface area contributed by atoms with Crippen molar-refractivity contribution in [2.24, 2.45) is 0 Å². The van der Waals surface area contributed by atoms with Crippen molar-refractivity contribution in [2.75, 3.05) is 44.9 Å². The average Bonchev–Trinajstić information content (AvgIpc) is 2.96. The summed E-state index contributed by atoms with van der Waals surface area (Å²) in [5.74, 6) is -0.122. The monoisotopic (exact) mass is 576 g/mol. The first kappa shape index (κ1) is 30.3. The zero-order valence-corrected chi connectivity index (χ0v) is 22.6. The minimum absolute atomic E-state index is 0.00152. The maximum Gasteiger partial charge on any atom is 0.419 e. The minimum Gasteiger partial charge on any atom is -0.496 e. The standard InChI is InChI=1S/C30H32F4N2O5/c1-38-27-9-3-2-6-21(27)18-39-14-5-15-41-25-12-10-23(11-13-25)36-24(16-35-17-28(36)37)20-40-19-22-7-4-8-26(29(22)31)30(32,33)34/h2-4,6-13,24,35H,5,14-20H2,1H3/t24-/m1/s1. The van der Waals surface area contributed by atoms with Gasteiger partial charge in [-0.2, -0.15) is 13.2 Å². The van der Waals surface area contributed by atoms with Gasteiger partial charge in [0.05, 0.1) is 58.3 Å². The van der Waals surface area contributed by atoms with E-state index in [1.54, 1.807) is 36.3 Å². The lowest BCUT2D eigenvalue weighted by molar-refractivity contribution is -0.140. The molecule has 1 N–H and O–H groups in total. The summed E-state index contributed by atoms with van der Waals surface area (Å²) >= 11 is 0. The molecule has 0 saturated carbocycles. The van der Waals surface area contributed by atoms with Crippen LogP contribution < -0.4 is 19.7 Å². The molecule has 3 aromatic rings. The Morgan fingerprint density at radius 3 is 2.41 bits per heavy atom. The van der Waals surface area contributed by atoms with Crippen LogP contribution in [-0.4, -0.2) is 52.0 Å². The zero-order valence-electron chi connectivity index (χ0n) is 22.6. The van der Waals surface area contributed by atoms with Gasteiger partial charge < -0.3 is 29.2 Å². The number of amides is 1. The highest BCUT2D eigenvalue weighted by atomic mass is 19.4. The summed E-state index contributed by atoms with van der Waals surface area (Å²) in [7, 11) is 1.62. The van der Waals surface area contributed by atoms with Crippen LogP contribution >= 0.6 is 0 Å². The number of ether oxygens (including phenoxy) is 4. The van der Waals surface area contributed by atoms with Gasteiger partial charge in [0.2, 0.25) is 5.91 Å². The fourth-order valence-corrected chi connectivity index (χ4v) is 4.49. The molecule has 0 aromatic heterocycles. The molecule has 41 heavy (non-hydrogen) atoms. The summed E-state index contributed by atoms with van der Waals surface area (Å²) in [4.78, 5) is 14.3. The van der Waals surface area contributed by atoms with E-state index in [1.807, 2.05) is 24.3 Å². The van der Waals surface area contributed by atoms with Gasteiger partial charge in [-0.3, -0.25) is 4.79 Å². The van der Waals surface area contributed by atoms with E-state index in [9.17, 15) is 22.4 Å². The van der Waals surface area contributed by atoms with Crippen LogP contribution in [0.5, 0.6) is 11.5 Å². The molecular formula is C30H32F4N2O5. The number of piperazine rings is 1. The van der Waals surface area contributed by atoms with E-state index in [1.165, 1.54) is 6.07 Å². The number of benzene rings is 3. The summed E-state index contributed by atoms with van der Waals surface area (Å²) in [5.41, 5.74) is 0.0638.